The Morgan fingerprint density at radius 2 is 2.18 bits per heavy atom. The SMILES string of the molecule is CC1CCC(C)C(Nc2cc(Br)cnc2Cl)C1. The van der Waals surface area contributed by atoms with E-state index in [1.54, 1.807) is 6.20 Å². The fourth-order valence-electron chi connectivity index (χ4n) is 2.46. The molecule has 1 N–H and O–H groups in total. The van der Waals surface area contributed by atoms with Crippen molar-refractivity contribution in [3.8, 4) is 0 Å². The molecule has 0 bridgehead atoms. The number of anilines is 1. The summed E-state index contributed by atoms with van der Waals surface area (Å²) in [4.78, 5) is 4.14. The van der Waals surface area contributed by atoms with Crippen LogP contribution in [0.1, 0.15) is 33.1 Å². The van der Waals surface area contributed by atoms with Crippen molar-refractivity contribution in [3.63, 3.8) is 0 Å². The van der Waals surface area contributed by atoms with Crippen LogP contribution < -0.4 is 5.32 Å². The van der Waals surface area contributed by atoms with E-state index in [2.05, 4.69) is 40.1 Å². The molecule has 0 radical (unpaired) electrons. The lowest BCUT2D eigenvalue weighted by Crippen LogP contribution is -2.33. The second-order valence-electron chi connectivity index (χ2n) is 5.14. The minimum Gasteiger partial charge on any atom is -0.380 e. The Labute approximate surface area is 116 Å². The molecule has 1 aromatic rings. The third kappa shape index (κ3) is 3.35. The summed E-state index contributed by atoms with van der Waals surface area (Å²) in [5, 5.41) is 4.10. The Morgan fingerprint density at radius 3 is 2.94 bits per heavy atom. The maximum absolute atomic E-state index is 6.11. The van der Waals surface area contributed by atoms with Crippen molar-refractivity contribution in [1.82, 2.24) is 4.98 Å². The summed E-state index contributed by atoms with van der Waals surface area (Å²) in [5.41, 5.74) is 0.937. The number of nitrogens with zero attached hydrogens (tertiary/aromatic N) is 1. The molecule has 1 aromatic heterocycles. The second-order valence-corrected chi connectivity index (χ2v) is 6.41. The van der Waals surface area contributed by atoms with Gasteiger partial charge in [-0.05, 0) is 46.7 Å². The molecular weight excluding hydrogens is 300 g/mol. The fraction of sp³-hybridized carbons (Fsp3) is 0.615. The quantitative estimate of drug-likeness (QED) is 0.797. The predicted molar refractivity (Wildman–Crippen MR) is 76.5 cm³/mol. The molecular formula is C13H18BrClN2. The lowest BCUT2D eigenvalue weighted by atomic mass is 9.80. The van der Waals surface area contributed by atoms with Gasteiger partial charge in [0, 0.05) is 16.7 Å². The van der Waals surface area contributed by atoms with Crippen molar-refractivity contribution >= 4 is 33.2 Å². The number of nitrogens with one attached hydrogen (secondary N) is 1. The fourth-order valence-corrected chi connectivity index (χ4v) is 2.95. The monoisotopic (exact) mass is 316 g/mol. The lowest BCUT2D eigenvalue weighted by molar-refractivity contribution is 0.280. The molecule has 1 aliphatic rings. The van der Waals surface area contributed by atoms with Gasteiger partial charge in [0.05, 0.1) is 5.69 Å². The largest absolute Gasteiger partial charge is 0.380 e. The molecule has 3 atom stereocenters. The molecule has 94 valence electrons. The Bertz CT molecular complexity index is 397. The highest BCUT2D eigenvalue weighted by molar-refractivity contribution is 9.10. The molecule has 17 heavy (non-hydrogen) atoms. The highest BCUT2D eigenvalue weighted by Crippen LogP contribution is 2.32. The number of hydrogen-bond donors (Lipinski definition) is 1. The molecule has 3 unspecified atom stereocenters. The molecule has 2 nitrogen and oxygen atoms in total. The van der Waals surface area contributed by atoms with Crippen LogP contribution in [0.5, 0.6) is 0 Å². The minimum absolute atomic E-state index is 0.507. The molecule has 1 heterocycles. The standard InChI is InChI=1S/C13H18BrClN2/c1-8-3-4-9(2)11(5-8)17-12-6-10(14)7-16-13(12)15/h6-9,11,17H,3-5H2,1-2H3. The van der Waals surface area contributed by atoms with E-state index < -0.39 is 0 Å². The molecule has 0 spiro atoms. The van der Waals surface area contributed by atoms with Crippen LogP contribution in [0.2, 0.25) is 5.15 Å². The minimum atomic E-state index is 0.507. The topological polar surface area (TPSA) is 24.9 Å². The third-order valence-corrected chi connectivity index (χ3v) is 4.34. The van der Waals surface area contributed by atoms with Crippen LogP contribution in [-0.2, 0) is 0 Å². The summed E-state index contributed by atoms with van der Waals surface area (Å²) < 4.78 is 0.959. The van der Waals surface area contributed by atoms with Crippen LogP contribution in [0, 0.1) is 11.8 Å². The highest BCUT2D eigenvalue weighted by atomic mass is 79.9. The van der Waals surface area contributed by atoms with E-state index in [0.717, 1.165) is 16.1 Å². The van der Waals surface area contributed by atoms with Gasteiger partial charge in [0.15, 0.2) is 5.15 Å². The van der Waals surface area contributed by atoms with Gasteiger partial charge in [0.2, 0.25) is 0 Å². The number of rotatable bonds is 2. The number of halogens is 2. The van der Waals surface area contributed by atoms with Crippen molar-refractivity contribution in [1.29, 1.82) is 0 Å². The summed E-state index contributed by atoms with van der Waals surface area (Å²) >= 11 is 9.53. The van der Waals surface area contributed by atoms with Gasteiger partial charge in [0.1, 0.15) is 0 Å². The highest BCUT2D eigenvalue weighted by Gasteiger charge is 2.25. The Kier molecular flexibility index (Phi) is 4.31. The summed E-state index contributed by atoms with van der Waals surface area (Å²) in [7, 11) is 0. The second kappa shape index (κ2) is 5.57. The van der Waals surface area contributed by atoms with E-state index in [1.165, 1.54) is 19.3 Å². The summed E-state index contributed by atoms with van der Waals surface area (Å²) in [6.07, 6.45) is 5.56. The Morgan fingerprint density at radius 1 is 1.41 bits per heavy atom. The van der Waals surface area contributed by atoms with Gasteiger partial charge < -0.3 is 5.32 Å². The van der Waals surface area contributed by atoms with Gasteiger partial charge in [-0.25, -0.2) is 4.98 Å². The first-order chi connectivity index (χ1) is 8.06. The Balaban J connectivity index is 2.11. The molecule has 0 aromatic carbocycles. The predicted octanol–water partition coefficient (Wildman–Crippen LogP) is 4.73. The van der Waals surface area contributed by atoms with E-state index in [9.17, 15) is 0 Å². The first-order valence-corrected chi connectivity index (χ1v) is 7.31. The zero-order valence-corrected chi connectivity index (χ0v) is 12.6. The molecule has 1 aliphatic carbocycles. The van der Waals surface area contributed by atoms with Crippen LogP contribution in [0.25, 0.3) is 0 Å². The molecule has 1 fully saturated rings. The average molecular weight is 318 g/mol. The van der Waals surface area contributed by atoms with Crippen molar-refractivity contribution in [3.05, 3.63) is 21.9 Å². The van der Waals surface area contributed by atoms with Gasteiger partial charge in [-0.15, -0.1) is 0 Å². The van der Waals surface area contributed by atoms with Crippen molar-refractivity contribution in [2.45, 2.75) is 39.2 Å². The van der Waals surface area contributed by atoms with Crippen molar-refractivity contribution in [2.24, 2.45) is 11.8 Å². The van der Waals surface area contributed by atoms with Crippen LogP contribution >= 0.6 is 27.5 Å². The van der Waals surface area contributed by atoms with Crippen LogP contribution in [0.4, 0.5) is 5.69 Å². The van der Waals surface area contributed by atoms with E-state index in [4.69, 9.17) is 11.6 Å². The van der Waals surface area contributed by atoms with Crippen LogP contribution in [0.3, 0.4) is 0 Å². The van der Waals surface area contributed by atoms with E-state index >= 15 is 0 Å². The van der Waals surface area contributed by atoms with E-state index in [-0.39, 0.29) is 0 Å². The third-order valence-electron chi connectivity index (χ3n) is 3.60. The normalized spacial score (nSPS) is 29.1. The molecule has 0 amide bonds. The zero-order chi connectivity index (χ0) is 12.4. The lowest BCUT2D eigenvalue weighted by Gasteiger charge is -2.34. The van der Waals surface area contributed by atoms with E-state index in [1.807, 2.05) is 6.07 Å². The molecule has 1 saturated carbocycles. The first-order valence-electron chi connectivity index (χ1n) is 6.14. The maximum Gasteiger partial charge on any atom is 0.152 e. The molecule has 4 heteroatoms. The van der Waals surface area contributed by atoms with Gasteiger partial charge in [-0.1, -0.05) is 31.9 Å². The van der Waals surface area contributed by atoms with Gasteiger partial charge in [0.25, 0.3) is 0 Å². The number of hydrogen-bond acceptors (Lipinski definition) is 2. The van der Waals surface area contributed by atoms with Crippen molar-refractivity contribution < 1.29 is 0 Å². The maximum atomic E-state index is 6.11. The number of aromatic nitrogens is 1. The van der Waals surface area contributed by atoms with Crippen LogP contribution in [-0.4, -0.2) is 11.0 Å². The van der Waals surface area contributed by atoms with Gasteiger partial charge in [-0.3, -0.25) is 0 Å². The van der Waals surface area contributed by atoms with Gasteiger partial charge in [-0.2, -0.15) is 0 Å². The van der Waals surface area contributed by atoms with Gasteiger partial charge >= 0.3 is 0 Å². The number of pyridine rings is 1. The van der Waals surface area contributed by atoms with Crippen LogP contribution in [0.15, 0.2) is 16.7 Å². The molecule has 0 aliphatic heterocycles. The average Bonchev–Trinajstić information content (AvgIpc) is 2.28. The smallest absolute Gasteiger partial charge is 0.152 e. The van der Waals surface area contributed by atoms with E-state index in [0.29, 0.717) is 17.1 Å². The summed E-state index contributed by atoms with van der Waals surface area (Å²) in [5.74, 6) is 1.49. The summed E-state index contributed by atoms with van der Waals surface area (Å²) in [6, 6.07) is 2.51. The van der Waals surface area contributed by atoms with Crippen molar-refractivity contribution in [2.75, 3.05) is 5.32 Å². The zero-order valence-electron chi connectivity index (χ0n) is 10.2. The Hall–Kier alpha value is -0.280. The molecule has 0 saturated heterocycles. The summed E-state index contributed by atoms with van der Waals surface area (Å²) in [6.45, 7) is 4.63. The first kappa shape index (κ1) is 13.2. The molecule has 2 rings (SSSR count).